The molecule has 4 heteroatoms. The minimum Gasteiger partial charge on any atom is -0.457 e. The van der Waals surface area contributed by atoms with Crippen molar-refractivity contribution in [2.75, 3.05) is 11.5 Å². The largest absolute Gasteiger partial charge is 0.457 e. The molecule has 0 radical (unpaired) electrons. The van der Waals surface area contributed by atoms with Crippen LogP contribution in [0.3, 0.4) is 0 Å². The summed E-state index contributed by atoms with van der Waals surface area (Å²) in [5.41, 5.74) is 20.7. The van der Waals surface area contributed by atoms with Crippen molar-refractivity contribution in [1.29, 1.82) is 0 Å². The maximum Gasteiger partial charge on any atom is 0.133 e. The number of benzene rings is 4. The lowest BCUT2D eigenvalue weighted by molar-refractivity contribution is 0.250. The molecule has 1 aliphatic carbocycles. The van der Waals surface area contributed by atoms with Gasteiger partial charge in [-0.15, -0.1) is 0 Å². The molecule has 1 fully saturated rings. The summed E-state index contributed by atoms with van der Waals surface area (Å²) in [7, 11) is 0. The molecule has 1 saturated carbocycles. The summed E-state index contributed by atoms with van der Waals surface area (Å²) in [5.74, 6) is 4.27. The maximum atomic E-state index is 6.39. The Morgan fingerprint density at radius 3 is 1.40 bits per heavy atom. The van der Waals surface area contributed by atoms with E-state index in [0.29, 0.717) is 0 Å². The number of nitrogen functional groups attached to an aromatic ring is 2. The first-order chi connectivity index (χ1) is 20.7. The van der Waals surface area contributed by atoms with Crippen LogP contribution < -0.4 is 20.9 Å². The van der Waals surface area contributed by atoms with Gasteiger partial charge in [-0.3, -0.25) is 0 Å². The summed E-state index contributed by atoms with van der Waals surface area (Å²) in [6.45, 7) is 11.0. The van der Waals surface area contributed by atoms with Crippen LogP contribution >= 0.6 is 0 Å². The van der Waals surface area contributed by atoms with Crippen LogP contribution in [-0.4, -0.2) is 0 Å². The molecule has 5 rings (SSSR count). The van der Waals surface area contributed by atoms with Gasteiger partial charge in [-0.05, 0) is 141 Å². The van der Waals surface area contributed by atoms with E-state index < -0.39 is 0 Å². The molecule has 0 spiro atoms. The number of rotatable bonds is 10. The summed E-state index contributed by atoms with van der Waals surface area (Å²) in [4.78, 5) is 0. The smallest absolute Gasteiger partial charge is 0.133 e. The number of anilines is 2. The standard InChI is InChI=1S/C39H48N2O2/c1-6-7-8-9-30-18-20-39(21-19-30,31-22-26(2)37(27(3)23-31)42-35-14-10-33(40)11-15-35)32-24-28(4)38(29(5)25-32)43-36-16-12-34(41)13-17-36/h10-17,22-25,30H,6-9,18-21,40-41H2,1-5H3. The fourth-order valence-corrected chi connectivity index (χ4v) is 6.97. The number of ether oxygens (including phenoxy) is 2. The zero-order valence-electron chi connectivity index (χ0n) is 26.6. The molecule has 0 unspecified atom stereocenters. The van der Waals surface area contributed by atoms with Gasteiger partial charge in [0.05, 0.1) is 0 Å². The molecule has 43 heavy (non-hydrogen) atoms. The van der Waals surface area contributed by atoms with Gasteiger partial charge in [-0.1, -0.05) is 56.9 Å². The van der Waals surface area contributed by atoms with E-state index in [-0.39, 0.29) is 5.41 Å². The van der Waals surface area contributed by atoms with E-state index in [2.05, 4.69) is 58.9 Å². The van der Waals surface area contributed by atoms with Crippen molar-refractivity contribution in [1.82, 2.24) is 0 Å². The topological polar surface area (TPSA) is 70.5 Å². The zero-order chi connectivity index (χ0) is 30.6. The third kappa shape index (κ3) is 6.85. The van der Waals surface area contributed by atoms with E-state index in [1.54, 1.807) is 0 Å². The van der Waals surface area contributed by atoms with Crippen molar-refractivity contribution in [3.63, 3.8) is 0 Å². The van der Waals surface area contributed by atoms with E-state index >= 15 is 0 Å². The Balaban J connectivity index is 1.51. The fourth-order valence-electron chi connectivity index (χ4n) is 6.97. The molecule has 0 aliphatic heterocycles. The molecule has 0 saturated heterocycles. The van der Waals surface area contributed by atoms with Gasteiger partial charge in [0.25, 0.3) is 0 Å². The second-order valence-corrected chi connectivity index (χ2v) is 12.7. The van der Waals surface area contributed by atoms with Gasteiger partial charge in [-0.25, -0.2) is 0 Å². The van der Waals surface area contributed by atoms with Crippen molar-refractivity contribution in [3.05, 3.63) is 106 Å². The number of hydrogen-bond donors (Lipinski definition) is 2. The zero-order valence-corrected chi connectivity index (χ0v) is 26.6. The normalized spacial score (nSPS) is 14.9. The molecule has 0 aromatic heterocycles. The lowest BCUT2D eigenvalue weighted by Gasteiger charge is -2.42. The van der Waals surface area contributed by atoms with Crippen LogP contribution in [0.4, 0.5) is 11.4 Å². The van der Waals surface area contributed by atoms with Crippen LogP contribution in [0.15, 0.2) is 72.8 Å². The number of unbranched alkanes of at least 4 members (excludes halogenated alkanes) is 2. The van der Waals surface area contributed by atoms with Crippen molar-refractivity contribution in [3.8, 4) is 23.0 Å². The molecule has 0 amide bonds. The van der Waals surface area contributed by atoms with E-state index in [0.717, 1.165) is 75.4 Å². The Kier molecular flexibility index (Phi) is 9.34. The predicted molar refractivity (Wildman–Crippen MR) is 181 cm³/mol. The molecule has 0 atom stereocenters. The van der Waals surface area contributed by atoms with Crippen LogP contribution in [0.1, 0.15) is 91.7 Å². The molecule has 4 N–H and O–H groups in total. The van der Waals surface area contributed by atoms with Gasteiger partial charge in [-0.2, -0.15) is 0 Å². The Morgan fingerprint density at radius 2 is 1.02 bits per heavy atom. The first-order valence-electron chi connectivity index (χ1n) is 16.0. The average Bonchev–Trinajstić information content (AvgIpc) is 2.99. The Bertz CT molecular complexity index is 1380. The van der Waals surface area contributed by atoms with Gasteiger partial charge in [0.2, 0.25) is 0 Å². The van der Waals surface area contributed by atoms with E-state index in [9.17, 15) is 0 Å². The van der Waals surface area contributed by atoms with Crippen molar-refractivity contribution in [2.45, 2.75) is 91.4 Å². The van der Waals surface area contributed by atoms with Crippen molar-refractivity contribution >= 4 is 11.4 Å². The molecule has 0 heterocycles. The Hall–Kier alpha value is -3.92. The monoisotopic (exact) mass is 576 g/mol. The van der Waals surface area contributed by atoms with Crippen LogP contribution in [0.2, 0.25) is 0 Å². The lowest BCUT2D eigenvalue weighted by atomic mass is 9.62. The Labute approximate surface area is 258 Å². The van der Waals surface area contributed by atoms with Crippen LogP contribution in [0, 0.1) is 33.6 Å². The highest BCUT2D eigenvalue weighted by atomic mass is 16.5. The first kappa shape index (κ1) is 30.5. The van der Waals surface area contributed by atoms with Crippen LogP contribution in [0.5, 0.6) is 23.0 Å². The second kappa shape index (κ2) is 13.2. The Morgan fingerprint density at radius 1 is 0.628 bits per heavy atom. The molecular weight excluding hydrogens is 528 g/mol. The third-order valence-electron chi connectivity index (χ3n) is 9.40. The quantitative estimate of drug-likeness (QED) is 0.145. The minimum absolute atomic E-state index is 0.0498. The highest BCUT2D eigenvalue weighted by molar-refractivity contribution is 5.55. The highest BCUT2D eigenvalue weighted by Gasteiger charge is 2.39. The summed E-state index contributed by atoms with van der Waals surface area (Å²) in [6, 6.07) is 24.8. The molecule has 4 aromatic carbocycles. The van der Waals surface area contributed by atoms with Crippen molar-refractivity contribution in [2.24, 2.45) is 5.92 Å². The highest BCUT2D eigenvalue weighted by Crippen LogP contribution is 2.50. The van der Waals surface area contributed by atoms with Crippen LogP contribution in [-0.2, 0) is 5.41 Å². The lowest BCUT2D eigenvalue weighted by Crippen LogP contribution is -2.33. The molecule has 4 aromatic rings. The summed E-state index contributed by atoms with van der Waals surface area (Å²) >= 11 is 0. The van der Waals surface area contributed by atoms with E-state index in [1.165, 1.54) is 49.7 Å². The first-order valence-corrected chi connectivity index (χ1v) is 16.0. The summed E-state index contributed by atoms with van der Waals surface area (Å²) < 4.78 is 12.8. The number of aryl methyl sites for hydroxylation is 4. The van der Waals surface area contributed by atoms with Gasteiger partial charge in [0, 0.05) is 16.8 Å². The molecular formula is C39H48N2O2. The van der Waals surface area contributed by atoms with E-state index in [4.69, 9.17) is 20.9 Å². The third-order valence-corrected chi connectivity index (χ3v) is 9.40. The summed E-state index contributed by atoms with van der Waals surface area (Å²) in [6.07, 6.45) is 10.1. The van der Waals surface area contributed by atoms with Crippen molar-refractivity contribution < 1.29 is 9.47 Å². The fraction of sp³-hybridized carbons (Fsp3) is 0.385. The molecule has 226 valence electrons. The number of nitrogens with two attached hydrogens (primary N) is 2. The van der Waals surface area contributed by atoms with Gasteiger partial charge < -0.3 is 20.9 Å². The summed E-state index contributed by atoms with van der Waals surface area (Å²) in [5, 5.41) is 0. The second-order valence-electron chi connectivity index (χ2n) is 12.7. The average molecular weight is 577 g/mol. The minimum atomic E-state index is -0.0498. The van der Waals surface area contributed by atoms with Gasteiger partial charge in [0.1, 0.15) is 23.0 Å². The van der Waals surface area contributed by atoms with E-state index in [1.807, 2.05) is 48.5 Å². The SMILES string of the molecule is CCCCCC1CCC(c2cc(C)c(Oc3ccc(N)cc3)c(C)c2)(c2cc(C)c(Oc3ccc(N)cc3)c(C)c2)CC1. The molecule has 4 nitrogen and oxygen atoms in total. The number of hydrogen-bond acceptors (Lipinski definition) is 4. The van der Waals surface area contributed by atoms with Crippen LogP contribution in [0.25, 0.3) is 0 Å². The van der Waals surface area contributed by atoms with Gasteiger partial charge >= 0.3 is 0 Å². The molecule has 1 aliphatic rings. The van der Waals surface area contributed by atoms with Gasteiger partial charge in [0.15, 0.2) is 0 Å². The maximum absolute atomic E-state index is 6.39. The predicted octanol–water partition coefficient (Wildman–Crippen LogP) is 10.7. The molecule has 0 bridgehead atoms.